The number of carbonyl (C=O) groups excluding carboxylic acids is 1. The van der Waals surface area contributed by atoms with Crippen LogP contribution >= 0.6 is 11.6 Å². The number of halogens is 1. The molecule has 0 saturated carbocycles. The molecule has 0 bridgehead atoms. The second-order valence-corrected chi connectivity index (χ2v) is 8.06. The number of ether oxygens (including phenoxy) is 2. The van der Waals surface area contributed by atoms with Crippen molar-refractivity contribution in [1.82, 2.24) is 14.7 Å². The Morgan fingerprint density at radius 1 is 1.31 bits per heavy atom. The van der Waals surface area contributed by atoms with Crippen LogP contribution in [-0.4, -0.2) is 47.0 Å². The zero-order chi connectivity index (χ0) is 20.9. The fourth-order valence-corrected chi connectivity index (χ4v) is 4.31. The molecular weight excluding hydrogens is 390 g/mol. The number of rotatable bonds is 8. The molecule has 0 amide bonds. The number of aromatic nitrogens is 2. The van der Waals surface area contributed by atoms with Crippen LogP contribution in [0.3, 0.4) is 0 Å². The van der Waals surface area contributed by atoms with Gasteiger partial charge in [-0.2, -0.15) is 5.10 Å². The number of esters is 1. The fraction of sp³-hybridized carbons (Fsp3) is 0.545. The molecule has 1 saturated heterocycles. The highest BCUT2D eigenvalue weighted by Gasteiger charge is 2.43. The molecule has 158 valence electrons. The molecule has 1 aliphatic heterocycles. The average molecular weight is 420 g/mol. The number of carbonyl (C=O) groups is 1. The second kappa shape index (κ2) is 9.63. The molecule has 1 aromatic heterocycles. The minimum Gasteiger partial charge on any atom is -0.494 e. The van der Waals surface area contributed by atoms with E-state index in [4.69, 9.17) is 21.1 Å². The zero-order valence-electron chi connectivity index (χ0n) is 17.5. The van der Waals surface area contributed by atoms with Gasteiger partial charge in [-0.3, -0.25) is 14.4 Å². The molecule has 1 aliphatic rings. The molecule has 0 unspecified atom stereocenters. The van der Waals surface area contributed by atoms with E-state index in [9.17, 15) is 4.79 Å². The molecule has 0 aliphatic carbocycles. The van der Waals surface area contributed by atoms with Crippen LogP contribution in [0.4, 0.5) is 0 Å². The van der Waals surface area contributed by atoms with Gasteiger partial charge >= 0.3 is 5.97 Å². The number of nitrogens with zero attached hydrogens (tertiary/aromatic N) is 3. The maximum absolute atomic E-state index is 13.0. The van der Waals surface area contributed by atoms with Crippen LogP contribution in [0.5, 0.6) is 5.75 Å². The van der Waals surface area contributed by atoms with Gasteiger partial charge in [-0.1, -0.05) is 29.8 Å². The molecule has 0 spiro atoms. The van der Waals surface area contributed by atoms with Crippen molar-refractivity contribution in [2.45, 2.75) is 39.7 Å². The van der Waals surface area contributed by atoms with Gasteiger partial charge in [0.15, 0.2) is 0 Å². The Kier molecular flexibility index (Phi) is 7.19. The first kappa shape index (κ1) is 21.7. The first-order valence-electron chi connectivity index (χ1n) is 10.2. The third kappa shape index (κ3) is 5.11. The van der Waals surface area contributed by atoms with Crippen molar-refractivity contribution < 1.29 is 14.3 Å². The van der Waals surface area contributed by atoms with E-state index < -0.39 is 5.41 Å². The number of likely N-dealkylation sites (tertiary alicyclic amines) is 1. The summed E-state index contributed by atoms with van der Waals surface area (Å²) in [6, 6.07) is 9.70. The van der Waals surface area contributed by atoms with Crippen molar-refractivity contribution in [3.05, 3.63) is 46.7 Å². The lowest BCUT2D eigenvalue weighted by Gasteiger charge is -2.41. The van der Waals surface area contributed by atoms with E-state index in [0.717, 1.165) is 36.4 Å². The summed E-state index contributed by atoms with van der Waals surface area (Å²) in [6.45, 7) is 6.92. The minimum atomic E-state index is -0.564. The van der Waals surface area contributed by atoms with Gasteiger partial charge in [0.05, 0.1) is 24.3 Å². The van der Waals surface area contributed by atoms with Gasteiger partial charge in [0.25, 0.3) is 0 Å². The van der Waals surface area contributed by atoms with Gasteiger partial charge in [-0.15, -0.1) is 0 Å². The molecule has 2 aromatic rings. The van der Waals surface area contributed by atoms with Crippen molar-refractivity contribution in [2.24, 2.45) is 12.5 Å². The number of hydrogen-bond acceptors (Lipinski definition) is 5. The Hall–Kier alpha value is -2.05. The van der Waals surface area contributed by atoms with Crippen LogP contribution in [0.25, 0.3) is 0 Å². The van der Waals surface area contributed by atoms with Crippen molar-refractivity contribution >= 4 is 17.6 Å². The van der Waals surface area contributed by atoms with E-state index in [0.29, 0.717) is 37.9 Å². The SMILES string of the molecule is CCOC(=O)[C@@]1(CCOc2ccccc2)CCCN(Cc2c(C)nn(C)c2Cl)C1. The summed E-state index contributed by atoms with van der Waals surface area (Å²) in [5.74, 6) is 0.687. The first-order chi connectivity index (χ1) is 13.9. The lowest BCUT2D eigenvalue weighted by atomic mass is 9.77. The molecule has 1 atom stereocenters. The lowest BCUT2D eigenvalue weighted by Crippen LogP contribution is -2.49. The smallest absolute Gasteiger partial charge is 0.313 e. The molecule has 1 aromatic carbocycles. The fourth-order valence-electron chi connectivity index (χ4n) is 4.08. The average Bonchev–Trinajstić information content (AvgIpc) is 2.95. The van der Waals surface area contributed by atoms with E-state index in [2.05, 4.69) is 10.00 Å². The Balaban J connectivity index is 1.71. The summed E-state index contributed by atoms with van der Waals surface area (Å²) < 4.78 is 13.1. The van der Waals surface area contributed by atoms with Crippen LogP contribution in [0, 0.1) is 12.3 Å². The largest absolute Gasteiger partial charge is 0.494 e. The third-order valence-corrected chi connectivity index (χ3v) is 6.08. The highest BCUT2D eigenvalue weighted by molar-refractivity contribution is 6.30. The Morgan fingerprint density at radius 2 is 2.07 bits per heavy atom. The second-order valence-electron chi connectivity index (χ2n) is 7.70. The molecule has 1 fully saturated rings. The maximum Gasteiger partial charge on any atom is 0.313 e. The highest BCUT2D eigenvalue weighted by Crippen LogP contribution is 2.36. The first-order valence-corrected chi connectivity index (χ1v) is 10.6. The summed E-state index contributed by atoms with van der Waals surface area (Å²) in [5, 5.41) is 5.06. The van der Waals surface area contributed by atoms with E-state index in [1.165, 1.54) is 0 Å². The molecule has 29 heavy (non-hydrogen) atoms. The number of benzene rings is 1. The summed E-state index contributed by atoms with van der Waals surface area (Å²) >= 11 is 6.43. The van der Waals surface area contributed by atoms with Gasteiger partial charge in [0.1, 0.15) is 10.9 Å². The summed E-state index contributed by atoms with van der Waals surface area (Å²) in [5.41, 5.74) is 1.39. The minimum absolute atomic E-state index is 0.129. The summed E-state index contributed by atoms with van der Waals surface area (Å²) in [4.78, 5) is 15.2. The van der Waals surface area contributed by atoms with Crippen molar-refractivity contribution in [1.29, 1.82) is 0 Å². The molecule has 2 heterocycles. The summed E-state index contributed by atoms with van der Waals surface area (Å²) in [6.07, 6.45) is 2.36. The predicted molar refractivity (Wildman–Crippen MR) is 113 cm³/mol. The number of piperidine rings is 1. The van der Waals surface area contributed by atoms with Crippen molar-refractivity contribution in [3.63, 3.8) is 0 Å². The van der Waals surface area contributed by atoms with Crippen LogP contribution in [-0.2, 0) is 23.1 Å². The number of para-hydroxylation sites is 1. The monoisotopic (exact) mass is 419 g/mol. The van der Waals surface area contributed by atoms with Crippen LogP contribution in [0.1, 0.15) is 37.4 Å². The highest BCUT2D eigenvalue weighted by atomic mass is 35.5. The van der Waals surface area contributed by atoms with Crippen LogP contribution in [0.15, 0.2) is 30.3 Å². The maximum atomic E-state index is 13.0. The molecule has 0 N–H and O–H groups in total. The van der Waals surface area contributed by atoms with Crippen LogP contribution in [0.2, 0.25) is 5.15 Å². The van der Waals surface area contributed by atoms with Crippen LogP contribution < -0.4 is 4.74 Å². The zero-order valence-corrected chi connectivity index (χ0v) is 18.2. The topological polar surface area (TPSA) is 56.6 Å². The molecule has 6 nitrogen and oxygen atoms in total. The molecule has 0 radical (unpaired) electrons. The molecule has 7 heteroatoms. The molecule has 3 rings (SSSR count). The van der Waals surface area contributed by atoms with E-state index in [-0.39, 0.29) is 5.97 Å². The van der Waals surface area contributed by atoms with E-state index in [1.807, 2.05) is 51.2 Å². The van der Waals surface area contributed by atoms with Crippen molar-refractivity contribution in [3.8, 4) is 5.75 Å². The van der Waals surface area contributed by atoms with Gasteiger partial charge in [0, 0.05) is 25.7 Å². The van der Waals surface area contributed by atoms with Gasteiger partial charge < -0.3 is 9.47 Å². The Labute approximate surface area is 177 Å². The van der Waals surface area contributed by atoms with E-state index >= 15 is 0 Å². The third-order valence-electron chi connectivity index (χ3n) is 5.61. The van der Waals surface area contributed by atoms with Crippen molar-refractivity contribution in [2.75, 3.05) is 26.3 Å². The normalized spacial score (nSPS) is 19.9. The predicted octanol–water partition coefficient (Wildman–Crippen LogP) is 4.00. The quantitative estimate of drug-likeness (QED) is 0.605. The summed E-state index contributed by atoms with van der Waals surface area (Å²) in [7, 11) is 1.85. The standard InChI is InChI=1S/C22H30ClN3O3/c1-4-28-21(27)22(12-14-29-18-9-6-5-7-10-18)11-8-13-26(16-22)15-19-17(2)24-25(3)20(19)23/h5-7,9-10H,4,8,11-16H2,1-3H3/t22-/m1/s1. The molecular formula is C22H30ClN3O3. The number of aryl methyl sites for hydroxylation is 2. The van der Waals surface area contributed by atoms with Gasteiger partial charge in [-0.25, -0.2) is 0 Å². The van der Waals surface area contributed by atoms with Gasteiger partial charge in [-0.05, 0) is 51.8 Å². The lowest BCUT2D eigenvalue weighted by molar-refractivity contribution is -0.160. The Morgan fingerprint density at radius 3 is 2.72 bits per heavy atom. The number of hydrogen-bond donors (Lipinski definition) is 0. The van der Waals surface area contributed by atoms with Gasteiger partial charge in [0.2, 0.25) is 0 Å². The van der Waals surface area contributed by atoms with E-state index in [1.54, 1.807) is 4.68 Å². The Bertz CT molecular complexity index is 824.